The fraction of sp³-hybridized carbons (Fsp3) is 0.435. The zero-order valence-electron chi connectivity index (χ0n) is 34.9. The van der Waals surface area contributed by atoms with E-state index in [1.165, 1.54) is 0 Å². The molecule has 0 aliphatic carbocycles. The molecule has 4 heterocycles. The Morgan fingerprint density at radius 2 is 1.30 bits per heavy atom. The summed E-state index contributed by atoms with van der Waals surface area (Å²) in [5, 5.41) is 2.77. The normalized spacial score (nSPS) is 17.9. The van der Waals surface area contributed by atoms with Crippen molar-refractivity contribution in [3.8, 4) is 33.6 Å². The number of benzene rings is 2. The van der Waals surface area contributed by atoms with Crippen LogP contribution in [-0.4, -0.2) is 85.6 Å². The van der Waals surface area contributed by atoms with Crippen molar-refractivity contribution >= 4 is 24.0 Å². The second kappa shape index (κ2) is 20.2. The predicted molar refractivity (Wildman–Crippen MR) is 230 cm³/mol. The molecule has 4 amide bonds. The second-order valence-electron chi connectivity index (χ2n) is 16.0. The minimum absolute atomic E-state index is 0.129. The molecule has 0 bridgehead atoms. The number of alkyl carbamates (subject to hydrolysis) is 1. The molecule has 2 saturated heterocycles. The van der Waals surface area contributed by atoms with E-state index in [2.05, 4.69) is 57.7 Å². The molecule has 4 aromatic rings. The molecule has 5 N–H and O–H groups in total. The summed E-state index contributed by atoms with van der Waals surface area (Å²) >= 11 is 0. The number of primary amides is 1. The van der Waals surface area contributed by atoms with Gasteiger partial charge in [-0.15, -0.1) is 13.2 Å². The number of hydrogen-bond acceptors (Lipinski definition) is 8. The third-order valence-corrected chi connectivity index (χ3v) is 11.5. The lowest BCUT2D eigenvalue weighted by molar-refractivity contribution is -0.144. The maximum Gasteiger partial charge on any atom is 0.407 e. The standard InChI is InChI=1S/C46H58N8O6/c1-6-8-10-13-30(5)40(60-45(47)57)44(56)54-25-12-15-38(54)42-49-28-36(51-42)34-22-18-32(19-23-34)31-16-20-33(21-17-31)35-27-48-41(50-35)37-14-11-24-53(37)43(55)39(29(3)4)52-46(58)59-26-9-7-2/h6-7,16-23,27-30,37-40H,1-2,8-15,24-26H2,3-5H3,(H2,47,57)(H,48,50)(H,49,51)(H,52,58)/t30?,37?,38-,39-,40-/m0/s1. The molecule has 2 unspecified atom stereocenters. The summed E-state index contributed by atoms with van der Waals surface area (Å²) in [7, 11) is 0. The Morgan fingerprint density at radius 3 is 1.78 bits per heavy atom. The molecule has 60 heavy (non-hydrogen) atoms. The van der Waals surface area contributed by atoms with Crippen LogP contribution in [0.4, 0.5) is 9.59 Å². The van der Waals surface area contributed by atoms with E-state index in [9.17, 15) is 19.2 Å². The number of rotatable bonds is 18. The molecule has 2 aromatic heterocycles. The number of H-pyrrole nitrogens is 2. The summed E-state index contributed by atoms with van der Waals surface area (Å²) in [6.07, 6.45) is 10.6. The number of aromatic amines is 2. The maximum absolute atomic E-state index is 13.8. The van der Waals surface area contributed by atoms with Gasteiger partial charge in [0.25, 0.3) is 5.91 Å². The maximum atomic E-state index is 13.8. The average molecular weight is 819 g/mol. The van der Waals surface area contributed by atoms with Gasteiger partial charge in [-0.2, -0.15) is 0 Å². The van der Waals surface area contributed by atoms with Crippen molar-refractivity contribution in [1.82, 2.24) is 35.1 Å². The van der Waals surface area contributed by atoms with Gasteiger partial charge in [-0.05, 0) is 79.5 Å². The van der Waals surface area contributed by atoms with Gasteiger partial charge >= 0.3 is 12.2 Å². The highest BCUT2D eigenvalue weighted by Gasteiger charge is 2.40. The molecule has 5 atom stereocenters. The fourth-order valence-electron chi connectivity index (χ4n) is 8.15. The molecule has 2 aliphatic heterocycles. The van der Waals surface area contributed by atoms with Gasteiger partial charge in [0.1, 0.15) is 17.7 Å². The number of carbonyl (C=O) groups is 4. The van der Waals surface area contributed by atoms with Gasteiger partial charge in [0, 0.05) is 19.0 Å². The second-order valence-corrected chi connectivity index (χ2v) is 16.0. The number of aromatic nitrogens is 4. The van der Waals surface area contributed by atoms with E-state index < -0.39 is 24.3 Å². The number of likely N-dealkylation sites (tertiary alicyclic amines) is 2. The van der Waals surface area contributed by atoms with Crippen LogP contribution in [0.2, 0.25) is 0 Å². The Bertz CT molecular complexity index is 2110. The minimum atomic E-state index is -0.958. The smallest absolute Gasteiger partial charge is 0.407 e. The van der Waals surface area contributed by atoms with E-state index in [1.54, 1.807) is 23.4 Å². The number of allylic oxidation sites excluding steroid dienone is 1. The number of unbranched alkanes of at least 4 members (excludes halogenated alkanes) is 1. The number of nitrogens with one attached hydrogen (secondary N) is 3. The van der Waals surface area contributed by atoms with E-state index in [0.29, 0.717) is 37.6 Å². The van der Waals surface area contributed by atoms with Crippen LogP contribution in [-0.2, 0) is 19.1 Å². The summed E-state index contributed by atoms with van der Waals surface area (Å²) in [6.45, 7) is 14.5. The summed E-state index contributed by atoms with van der Waals surface area (Å²) in [4.78, 5) is 71.6. The van der Waals surface area contributed by atoms with Crippen LogP contribution < -0.4 is 11.1 Å². The van der Waals surface area contributed by atoms with Crippen molar-refractivity contribution in [2.75, 3.05) is 19.7 Å². The molecule has 2 aliphatic rings. The first-order chi connectivity index (χ1) is 29.0. The third kappa shape index (κ3) is 10.3. The summed E-state index contributed by atoms with van der Waals surface area (Å²) in [6, 6.07) is 15.2. The number of nitrogens with two attached hydrogens (primary N) is 1. The first kappa shape index (κ1) is 43.4. The van der Waals surface area contributed by atoms with Gasteiger partial charge in [-0.25, -0.2) is 19.6 Å². The number of imidazole rings is 2. The molecule has 14 heteroatoms. The Balaban J connectivity index is 1.08. The van der Waals surface area contributed by atoms with Gasteiger partial charge < -0.3 is 40.3 Å². The lowest BCUT2D eigenvalue weighted by Gasteiger charge is -2.30. The van der Waals surface area contributed by atoms with Gasteiger partial charge in [0.05, 0.1) is 42.5 Å². The first-order valence-electron chi connectivity index (χ1n) is 21.0. The highest BCUT2D eigenvalue weighted by molar-refractivity contribution is 5.86. The molecule has 2 fully saturated rings. The van der Waals surface area contributed by atoms with Crippen molar-refractivity contribution < 1.29 is 28.7 Å². The Hall–Kier alpha value is -6.18. The van der Waals surface area contributed by atoms with Gasteiger partial charge in [0.15, 0.2) is 6.10 Å². The van der Waals surface area contributed by atoms with Crippen molar-refractivity contribution in [3.05, 3.63) is 97.9 Å². The quantitative estimate of drug-likeness (QED) is 0.0570. The molecule has 2 aromatic carbocycles. The first-order valence-corrected chi connectivity index (χ1v) is 21.0. The highest BCUT2D eigenvalue weighted by atomic mass is 16.6. The number of carbonyl (C=O) groups excluding carboxylic acids is 4. The largest absolute Gasteiger partial charge is 0.449 e. The molecular formula is C46H58N8O6. The minimum Gasteiger partial charge on any atom is -0.449 e. The molecule has 14 nitrogen and oxygen atoms in total. The molecule has 318 valence electrons. The fourth-order valence-corrected chi connectivity index (χ4v) is 8.15. The van der Waals surface area contributed by atoms with Crippen LogP contribution in [0.3, 0.4) is 0 Å². The molecular weight excluding hydrogens is 761 g/mol. The summed E-state index contributed by atoms with van der Waals surface area (Å²) < 4.78 is 10.6. The lowest BCUT2D eigenvalue weighted by Crippen LogP contribution is -2.51. The molecule has 6 rings (SSSR count). The number of ether oxygens (including phenoxy) is 2. The van der Waals surface area contributed by atoms with Crippen LogP contribution in [0.5, 0.6) is 0 Å². The summed E-state index contributed by atoms with van der Waals surface area (Å²) in [5.41, 5.74) is 11.1. The van der Waals surface area contributed by atoms with Crippen molar-refractivity contribution in [3.63, 3.8) is 0 Å². The number of hydrogen-bond donors (Lipinski definition) is 4. The van der Waals surface area contributed by atoms with Gasteiger partial charge in [-0.1, -0.05) is 81.5 Å². The van der Waals surface area contributed by atoms with Crippen molar-refractivity contribution in [2.24, 2.45) is 17.6 Å². The Labute approximate surface area is 352 Å². The van der Waals surface area contributed by atoms with E-state index in [1.807, 2.05) is 56.0 Å². The molecule has 0 radical (unpaired) electrons. The van der Waals surface area contributed by atoms with Crippen molar-refractivity contribution in [2.45, 2.75) is 96.4 Å². The van der Waals surface area contributed by atoms with Crippen LogP contribution in [0.25, 0.3) is 33.6 Å². The van der Waals surface area contributed by atoms with E-state index in [-0.39, 0.29) is 42.3 Å². The van der Waals surface area contributed by atoms with E-state index in [0.717, 1.165) is 72.2 Å². The lowest BCUT2D eigenvalue weighted by atomic mass is 9.96. The van der Waals surface area contributed by atoms with E-state index in [4.69, 9.17) is 20.2 Å². The average Bonchev–Trinajstić information content (AvgIpc) is 4.09. The molecule has 0 saturated carbocycles. The third-order valence-electron chi connectivity index (χ3n) is 11.5. The van der Waals surface area contributed by atoms with Crippen LogP contribution in [0, 0.1) is 11.8 Å². The Kier molecular flexibility index (Phi) is 14.6. The van der Waals surface area contributed by atoms with Gasteiger partial charge in [-0.3, -0.25) is 9.59 Å². The predicted octanol–water partition coefficient (Wildman–Crippen LogP) is 8.24. The summed E-state index contributed by atoms with van der Waals surface area (Å²) in [5.74, 6) is 0.683. The van der Waals surface area contributed by atoms with Crippen LogP contribution in [0.1, 0.15) is 95.9 Å². The zero-order valence-corrected chi connectivity index (χ0v) is 34.9. The van der Waals surface area contributed by atoms with Crippen molar-refractivity contribution in [1.29, 1.82) is 0 Å². The topological polar surface area (TPSA) is 189 Å². The van der Waals surface area contributed by atoms with Crippen LogP contribution >= 0.6 is 0 Å². The molecule has 0 spiro atoms. The van der Waals surface area contributed by atoms with E-state index >= 15 is 0 Å². The van der Waals surface area contributed by atoms with Crippen LogP contribution in [0.15, 0.2) is 86.2 Å². The number of nitrogens with zero attached hydrogens (tertiary/aromatic N) is 4. The van der Waals surface area contributed by atoms with Gasteiger partial charge in [0.2, 0.25) is 5.91 Å². The monoisotopic (exact) mass is 818 g/mol. The Morgan fingerprint density at radius 1 is 0.800 bits per heavy atom. The highest BCUT2D eigenvalue weighted by Crippen LogP contribution is 2.35. The zero-order chi connectivity index (χ0) is 42.8. The SMILES string of the molecule is C=CCCCC(C)[C@H](OC(N)=O)C(=O)N1CCC[C@H]1c1ncc(-c2ccc(-c3ccc(-c4cnc(C5CCCN5C(=O)[C@@H](NC(=O)OCCC=C)C(C)C)[nH]4)cc3)cc2)[nH]1. The number of amides is 4.